The average Bonchev–Trinajstić information content (AvgIpc) is 2.75. The molecule has 1 aromatic heterocycles. The maximum atomic E-state index is 11.8. The number of nitro benzene ring substituents is 1. The highest BCUT2D eigenvalue weighted by molar-refractivity contribution is 7.10. The van der Waals surface area contributed by atoms with Gasteiger partial charge in [0.1, 0.15) is 5.00 Å². The van der Waals surface area contributed by atoms with Crippen LogP contribution in [0.4, 0.5) is 10.7 Å². The van der Waals surface area contributed by atoms with Crippen molar-refractivity contribution in [1.29, 1.82) is 0 Å². The number of non-ortho nitro benzene ring substituents is 1. The molecule has 1 amide bonds. The molecule has 0 unspecified atom stereocenters. The van der Waals surface area contributed by atoms with E-state index in [4.69, 9.17) is 0 Å². The van der Waals surface area contributed by atoms with Crippen molar-refractivity contribution >= 4 is 28.1 Å². The van der Waals surface area contributed by atoms with Crippen LogP contribution in [0, 0.1) is 17.0 Å². The maximum Gasteiger partial charge on any atom is 0.269 e. The predicted octanol–water partition coefficient (Wildman–Crippen LogP) is 2.61. The van der Waals surface area contributed by atoms with Crippen LogP contribution in [0.3, 0.4) is 0 Å². The molecule has 6 nitrogen and oxygen atoms in total. The molecule has 92 valence electrons. The zero-order chi connectivity index (χ0) is 13.1. The van der Waals surface area contributed by atoms with Crippen LogP contribution in [-0.2, 0) is 0 Å². The maximum absolute atomic E-state index is 11.8. The Morgan fingerprint density at radius 2 is 2.06 bits per heavy atom. The van der Waals surface area contributed by atoms with Gasteiger partial charge in [-0.15, -0.1) is 0 Å². The summed E-state index contributed by atoms with van der Waals surface area (Å²) in [5.41, 5.74) is 1.16. The summed E-state index contributed by atoms with van der Waals surface area (Å²) in [5.74, 6) is -0.312. The monoisotopic (exact) mass is 263 g/mol. The number of aromatic nitrogens is 1. The number of carbonyl (C=O) groups excluding carboxylic acids is 1. The molecule has 2 rings (SSSR count). The minimum Gasteiger partial charge on any atom is -0.312 e. The summed E-state index contributed by atoms with van der Waals surface area (Å²) in [6.07, 6.45) is 0. The van der Waals surface area contributed by atoms with E-state index in [9.17, 15) is 14.9 Å². The third kappa shape index (κ3) is 2.69. The van der Waals surface area contributed by atoms with E-state index in [0.29, 0.717) is 10.6 Å². The van der Waals surface area contributed by atoms with Gasteiger partial charge in [-0.05, 0) is 36.7 Å². The van der Waals surface area contributed by atoms with Crippen molar-refractivity contribution in [3.05, 3.63) is 51.7 Å². The third-order valence-electron chi connectivity index (χ3n) is 2.21. The number of hydrogen-bond acceptors (Lipinski definition) is 5. The van der Waals surface area contributed by atoms with Crippen molar-refractivity contribution in [3.8, 4) is 0 Å². The Balaban J connectivity index is 2.11. The van der Waals surface area contributed by atoms with Crippen LogP contribution in [0.5, 0.6) is 0 Å². The quantitative estimate of drug-likeness (QED) is 0.681. The van der Waals surface area contributed by atoms with Gasteiger partial charge in [0.25, 0.3) is 11.6 Å². The Bertz CT molecular complexity index is 592. The molecule has 2 aromatic rings. The number of amides is 1. The fourth-order valence-corrected chi connectivity index (χ4v) is 2.00. The molecule has 1 N–H and O–H groups in total. The summed E-state index contributed by atoms with van der Waals surface area (Å²) in [5, 5.41) is 13.8. The second-order valence-electron chi connectivity index (χ2n) is 3.59. The van der Waals surface area contributed by atoms with E-state index in [1.807, 2.05) is 6.92 Å². The number of nitro groups is 1. The molecular formula is C11H9N3O3S. The van der Waals surface area contributed by atoms with Gasteiger partial charge in [-0.2, -0.15) is 4.37 Å². The Morgan fingerprint density at radius 3 is 2.56 bits per heavy atom. The van der Waals surface area contributed by atoms with E-state index in [1.54, 1.807) is 6.07 Å². The van der Waals surface area contributed by atoms with Crippen molar-refractivity contribution < 1.29 is 9.72 Å². The lowest BCUT2D eigenvalue weighted by Crippen LogP contribution is -2.10. The minimum atomic E-state index is -0.506. The summed E-state index contributed by atoms with van der Waals surface area (Å²) in [6, 6.07) is 7.19. The first-order valence-corrected chi connectivity index (χ1v) is 5.83. The Kier molecular flexibility index (Phi) is 3.33. The standard InChI is InChI=1S/C11H9N3O3S/c1-7-6-10(18-13-7)12-11(15)8-2-4-9(5-3-8)14(16)17/h2-6H,1H3,(H,12,15). The molecule has 0 atom stereocenters. The molecule has 0 saturated carbocycles. The smallest absolute Gasteiger partial charge is 0.269 e. The highest BCUT2D eigenvalue weighted by Crippen LogP contribution is 2.17. The summed E-state index contributed by atoms with van der Waals surface area (Å²) in [6.45, 7) is 1.83. The Morgan fingerprint density at radius 1 is 1.39 bits per heavy atom. The van der Waals surface area contributed by atoms with E-state index in [1.165, 1.54) is 35.8 Å². The molecule has 0 aliphatic heterocycles. The van der Waals surface area contributed by atoms with Gasteiger partial charge in [0.05, 0.1) is 10.6 Å². The molecule has 0 aliphatic rings. The van der Waals surface area contributed by atoms with E-state index < -0.39 is 4.92 Å². The van der Waals surface area contributed by atoms with Crippen LogP contribution in [0.25, 0.3) is 0 Å². The molecule has 0 radical (unpaired) electrons. The zero-order valence-corrected chi connectivity index (χ0v) is 10.2. The van der Waals surface area contributed by atoms with E-state index in [2.05, 4.69) is 9.69 Å². The predicted molar refractivity (Wildman–Crippen MR) is 67.9 cm³/mol. The highest BCUT2D eigenvalue weighted by atomic mass is 32.1. The number of benzene rings is 1. The normalized spacial score (nSPS) is 10.1. The van der Waals surface area contributed by atoms with Crippen LogP contribution >= 0.6 is 11.5 Å². The second kappa shape index (κ2) is 4.92. The topological polar surface area (TPSA) is 85.1 Å². The fourth-order valence-electron chi connectivity index (χ4n) is 1.34. The molecular weight excluding hydrogens is 254 g/mol. The van der Waals surface area contributed by atoms with Gasteiger partial charge in [-0.25, -0.2) is 0 Å². The number of nitrogens with zero attached hydrogens (tertiary/aromatic N) is 2. The first-order chi connectivity index (χ1) is 8.56. The Labute approximate surface area is 107 Å². The lowest BCUT2D eigenvalue weighted by molar-refractivity contribution is -0.384. The van der Waals surface area contributed by atoms with Crippen molar-refractivity contribution in [2.24, 2.45) is 0 Å². The van der Waals surface area contributed by atoms with Crippen LogP contribution in [0.2, 0.25) is 0 Å². The van der Waals surface area contributed by atoms with Crippen molar-refractivity contribution in [2.75, 3.05) is 5.32 Å². The molecule has 0 saturated heterocycles. The third-order valence-corrected chi connectivity index (χ3v) is 3.00. The molecule has 0 aliphatic carbocycles. The van der Waals surface area contributed by atoms with Crippen molar-refractivity contribution in [1.82, 2.24) is 4.37 Å². The number of aryl methyl sites for hydroxylation is 1. The van der Waals surface area contributed by atoms with E-state index in [-0.39, 0.29) is 11.6 Å². The zero-order valence-electron chi connectivity index (χ0n) is 9.41. The molecule has 0 fully saturated rings. The molecule has 0 bridgehead atoms. The first-order valence-electron chi connectivity index (χ1n) is 5.05. The highest BCUT2D eigenvalue weighted by Gasteiger charge is 2.10. The van der Waals surface area contributed by atoms with Crippen LogP contribution in [-0.4, -0.2) is 15.2 Å². The van der Waals surface area contributed by atoms with Gasteiger partial charge in [-0.3, -0.25) is 14.9 Å². The van der Waals surface area contributed by atoms with Crippen LogP contribution in [0.1, 0.15) is 16.1 Å². The van der Waals surface area contributed by atoms with Gasteiger partial charge < -0.3 is 5.32 Å². The molecule has 7 heteroatoms. The van der Waals surface area contributed by atoms with Crippen molar-refractivity contribution in [3.63, 3.8) is 0 Å². The number of nitrogens with one attached hydrogen (secondary N) is 1. The fraction of sp³-hybridized carbons (Fsp3) is 0.0909. The van der Waals surface area contributed by atoms with Gasteiger partial charge in [0, 0.05) is 17.7 Å². The van der Waals surface area contributed by atoms with Crippen LogP contribution in [0.15, 0.2) is 30.3 Å². The number of rotatable bonds is 3. The summed E-state index contributed by atoms with van der Waals surface area (Å²) >= 11 is 1.19. The average molecular weight is 263 g/mol. The van der Waals surface area contributed by atoms with E-state index in [0.717, 1.165) is 5.69 Å². The lowest BCUT2D eigenvalue weighted by Gasteiger charge is -2.01. The molecule has 18 heavy (non-hydrogen) atoms. The summed E-state index contributed by atoms with van der Waals surface area (Å²) in [4.78, 5) is 21.8. The number of carbonyl (C=O) groups is 1. The first kappa shape index (κ1) is 12.2. The molecule has 0 spiro atoms. The molecule has 1 aromatic carbocycles. The van der Waals surface area contributed by atoms with Crippen molar-refractivity contribution in [2.45, 2.75) is 6.92 Å². The summed E-state index contributed by atoms with van der Waals surface area (Å²) < 4.78 is 4.04. The Hall–Kier alpha value is -2.28. The van der Waals surface area contributed by atoms with Gasteiger partial charge in [-0.1, -0.05) is 0 Å². The SMILES string of the molecule is Cc1cc(NC(=O)c2ccc([N+](=O)[O-])cc2)sn1. The molecule has 1 heterocycles. The van der Waals surface area contributed by atoms with Gasteiger partial charge >= 0.3 is 0 Å². The van der Waals surface area contributed by atoms with Crippen LogP contribution < -0.4 is 5.32 Å². The number of anilines is 1. The lowest BCUT2D eigenvalue weighted by atomic mass is 10.2. The van der Waals surface area contributed by atoms with Gasteiger partial charge in [0.15, 0.2) is 0 Å². The summed E-state index contributed by atoms with van der Waals surface area (Å²) in [7, 11) is 0. The number of hydrogen-bond donors (Lipinski definition) is 1. The largest absolute Gasteiger partial charge is 0.312 e. The van der Waals surface area contributed by atoms with E-state index >= 15 is 0 Å². The van der Waals surface area contributed by atoms with Gasteiger partial charge in [0.2, 0.25) is 0 Å². The minimum absolute atomic E-state index is 0.0415. The second-order valence-corrected chi connectivity index (χ2v) is 4.40.